The maximum atomic E-state index is 4.72. The first-order chi connectivity index (χ1) is 9.92. The Morgan fingerprint density at radius 2 is 1.80 bits per heavy atom. The molecule has 4 heteroatoms. The van der Waals surface area contributed by atoms with Gasteiger partial charge in [-0.3, -0.25) is 0 Å². The van der Waals surface area contributed by atoms with Gasteiger partial charge >= 0.3 is 0 Å². The number of hydrogen-bond acceptors (Lipinski definition) is 3. The minimum absolute atomic E-state index is 0.865. The Morgan fingerprint density at radius 3 is 2.60 bits per heavy atom. The Kier molecular flexibility index (Phi) is 2.60. The van der Waals surface area contributed by atoms with E-state index in [4.69, 9.17) is 5.10 Å². The van der Waals surface area contributed by atoms with E-state index in [0.717, 1.165) is 22.6 Å². The fraction of sp³-hybridized carbons (Fsp3) is 0. The fourth-order valence-electron chi connectivity index (χ4n) is 2.23. The van der Waals surface area contributed by atoms with Crippen LogP contribution in [0.2, 0.25) is 0 Å². The minimum atomic E-state index is 0.865. The van der Waals surface area contributed by atoms with E-state index in [1.165, 1.54) is 4.88 Å². The van der Waals surface area contributed by atoms with E-state index in [-0.39, 0.29) is 0 Å². The molecular weight excluding hydrogens is 266 g/mol. The van der Waals surface area contributed by atoms with Crippen LogP contribution in [0.15, 0.2) is 66.2 Å². The molecule has 0 aliphatic rings. The van der Waals surface area contributed by atoms with Gasteiger partial charge in [0.05, 0.1) is 16.8 Å². The zero-order chi connectivity index (χ0) is 13.4. The summed E-state index contributed by atoms with van der Waals surface area (Å²) in [5, 5.41) is 6.78. The molecule has 0 amide bonds. The normalized spacial score (nSPS) is 11.0. The summed E-state index contributed by atoms with van der Waals surface area (Å²) in [5.74, 6) is 0. The van der Waals surface area contributed by atoms with Gasteiger partial charge in [0.2, 0.25) is 0 Å². The van der Waals surface area contributed by atoms with Crippen molar-refractivity contribution in [2.24, 2.45) is 0 Å². The molecule has 96 valence electrons. The van der Waals surface area contributed by atoms with Crippen LogP contribution in [0.5, 0.6) is 0 Å². The van der Waals surface area contributed by atoms with Crippen LogP contribution in [-0.4, -0.2) is 14.6 Å². The van der Waals surface area contributed by atoms with Crippen LogP contribution in [0.3, 0.4) is 0 Å². The van der Waals surface area contributed by atoms with Gasteiger partial charge < -0.3 is 0 Å². The summed E-state index contributed by atoms with van der Waals surface area (Å²) in [6.07, 6.45) is 1.87. The van der Waals surface area contributed by atoms with E-state index in [1.54, 1.807) is 11.3 Å². The van der Waals surface area contributed by atoms with Crippen molar-refractivity contribution in [2.75, 3.05) is 0 Å². The van der Waals surface area contributed by atoms with Gasteiger partial charge in [0.15, 0.2) is 5.65 Å². The SMILES string of the molecule is c1ccc(-c2cnc3ccc(-c4cccs4)nn23)cc1. The van der Waals surface area contributed by atoms with Crippen LogP contribution in [0.25, 0.3) is 27.5 Å². The lowest BCUT2D eigenvalue weighted by Crippen LogP contribution is -1.95. The Balaban J connectivity index is 1.93. The lowest BCUT2D eigenvalue weighted by molar-refractivity contribution is 0.951. The lowest BCUT2D eigenvalue weighted by Gasteiger charge is -2.03. The second-order valence-electron chi connectivity index (χ2n) is 4.48. The van der Waals surface area contributed by atoms with Crippen LogP contribution >= 0.6 is 11.3 Å². The molecule has 0 radical (unpaired) electrons. The smallest absolute Gasteiger partial charge is 0.154 e. The van der Waals surface area contributed by atoms with Crippen LogP contribution < -0.4 is 0 Å². The monoisotopic (exact) mass is 277 g/mol. The highest BCUT2D eigenvalue weighted by molar-refractivity contribution is 7.13. The summed E-state index contributed by atoms with van der Waals surface area (Å²) in [6, 6.07) is 18.4. The highest BCUT2D eigenvalue weighted by Crippen LogP contribution is 2.25. The number of aromatic nitrogens is 3. The van der Waals surface area contributed by atoms with Crippen molar-refractivity contribution in [3.63, 3.8) is 0 Å². The van der Waals surface area contributed by atoms with E-state index in [1.807, 2.05) is 47.1 Å². The first kappa shape index (κ1) is 11.4. The first-order valence-corrected chi connectivity index (χ1v) is 7.24. The molecule has 3 heterocycles. The number of rotatable bonds is 2. The summed E-state index contributed by atoms with van der Waals surface area (Å²) in [7, 11) is 0. The van der Waals surface area contributed by atoms with Crippen molar-refractivity contribution < 1.29 is 0 Å². The maximum Gasteiger partial charge on any atom is 0.154 e. The molecule has 20 heavy (non-hydrogen) atoms. The van der Waals surface area contributed by atoms with Crippen molar-refractivity contribution in [3.05, 3.63) is 66.2 Å². The van der Waals surface area contributed by atoms with E-state index in [2.05, 4.69) is 28.6 Å². The molecule has 3 nitrogen and oxygen atoms in total. The van der Waals surface area contributed by atoms with Gasteiger partial charge in [0.25, 0.3) is 0 Å². The number of nitrogens with zero attached hydrogens (tertiary/aromatic N) is 3. The van der Waals surface area contributed by atoms with Crippen molar-refractivity contribution in [1.82, 2.24) is 14.6 Å². The number of thiophene rings is 1. The molecule has 1 aromatic carbocycles. The third-order valence-electron chi connectivity index (χ3n) is 3.21. The van der Waals surface area contributed by atoms with Crippen molar-refractivity contribution >= 4 is 17.0 Å². The summed E-state index contributed by atoms with van der Waals surface area (Å²) < 4.78 is 1.91. The second-order valence-corrected chi connectivity index (χ2v) is 5.42. The number of imidazole rings is 1. The molecular formula is C16H11N3S. The predicted octanol–water partition coefficient (Wildman–Crippen LogP) is 4.12. The second kappa shape index (κ2) is 4.58. The Morgan fingerprint density at radius 1 is 0.900 bits per heavy atom. The highest BCUT2D eigenvalue weighted by Gasteiger charge is 2.08. The quantitative estimate of drug-likeness (QED) is 0.551. The Hall–Kier alpha value is -2.46. The summed E-state index contributed by atoms with van der Waals surface area (Å²) in [6.45, 7) is 0. The molecule has 0 aliphatic heterocycles. The first-order valence-electron chi connectivity index (χ1n) is 6.36. The van der Waals surface area contributed by atoms with Crippen molar-refractivity contribution in [3.8, 4) is 21.8 Å². The Labute approximate surface area is 120 Å². The fourth-order valence-corrected chi connectivity index (χ4v) is 2.93. The molecule has 4 rings (SSSR count). The average Bonchev–Trinajstić information content (AvgIpc) is 3.17. The topological polar surface area (TPSA) is 30.2 Å². The van der Waals surface area contributed by atoms with Crippen LogP contribution in [0, 0.1) is 0 Å². The van der Waals surface area contributed by atoms with E-state index in [9.17, 15) is 0 Å². The largest absolute Gasteiger partial charge is 0.235 e. The van der Waals surface area contributed by atoms with Gasteiger partial charge in [-0.2, -0.15) is 5.10 Å². The standard InChI is InChI=1S/C16H11N3S/c1-2-5-12(6-3-1)14-11-17-16-9-8-13(18-19(14)16)15-7-4-10-20-15/h1-11H. The lowest BCUT2D eigenvalue weighted by atomic mass is 10.2. The van der Waals surface area contributed by atoms with E-state index in [0.29, 0.717) is 0 Å². The molecule has 0 aliphatic carbocycles. The van der Waals surface area contributed by atoms with Gasteiger partial charge in [-0.25, -0.2) is 9.50 Å². The Bertz CT molecular complexity index is 848. The van der Waals surface area contributed by atoms with Gasteiger partial charge in [0, 0.05) is 5.56 Å². The molecule has 3 aromatic heterocycles. The third kappa shape index (κ3) is 1.82. The summed E-state index contributed by atoms with van der Waals surface area (Å²) in [4.78, 5) is 5.59. The maximum absolute atomic E-state index is 4.72. The van der Waals surface area contributed by atoms with Crippen LogP contribution in [0.4, 0.5) is 0 Å². The van der Waals surface area contributed by atoms with Gasteiger partial charge in [0.1, 0.15) is 5.69 Å². The van der Waals surface area contributed by atoms with E-state index < -0.39 is 0 Å². The zero-order valence-electron chi connectivity index (χ0n) is 10.6. The molecule has 0 bridgehead atoms. The van der Waals surface area contributed by atoms with Gasteiger partial charge in [-0.15, -0.1) is 11.3 Å². The third-order valence-corrected chi connectivity index (χ3v) is 4.10. The number of fused-ring (bicyclic) bond motifs is 1. The molecule has 0 spiro atoms. The van der Waals surface area contributed by atoms with E-state index >= 15 is 0 Å². The molecule has 0 N–H and O–H groups in total. The summed E-state index contributed by atoms with van der Waals surface area (Å²) in [5.41, 5.74) is 3.97. The van der Waals surface area contributed by atoms with Gasteiger partial charge in [-0.1, -0.05) is 36.4 Å². The molecule has 0 atom stereocenters. The predicted molar refractivity (Wildman–Crippen MR) is 81.7 cm³/mol. The molecule has 0 saturated heterocycles. The van der Waals surface area contributed by atoms with Gasteiger partial charge in [-0.05, 0) is 23.6 Å². The van der Waals surface area contributed by atoms with Crippen LogP contribution in [0.1, 0.15) is 0 Å². The number of benzene rings is 1. The average molecular weight is 277 g/mol. The van der Waals surface area contributed by atoms with Crippen LogP contribution in [-0.2, 0) is 0 Å². The molecule has 0 unspecified atom stereocenters. The molecule has 0 saturated carbocycles. The van der Waals surface area contributed by atoms with Crippen molar-refractivity contribution in [1.29, 1.82) is 0 Å². The highest BCUT2D eigenvalue weighted by atomic mass is 32.1. The zero-order valence-corrected chi connectivity index (χ0v) is 11.4. The van der Waals surface area contributed by atoms with Crippen molar-refractivity contribution in [2.45, 2.75) is 0 Å². The molecule has 0 fully saturated rings. The number of hydrogen-bond donors (Lipinski definition) is 0. The minimum Gasteiger partial charge on any atom is -0.235 e. The molecule has 4 aromatic rings. The summed E-state index contributed by atoms with van der Waals surface area (Å²) >= 11 is 1.69.